The number of amides is 1. The molecule has 1 aromatic carbocycles. The van der Waals surface area contributed by atoms with Crippen LogP contribution in [0, 0.1) is 0 Å². The average Bonchev–Trinajstić information content (AvgIpc) is 2.48. The van der Waals surface area contributed by atoms with Gasteiger partial charge in [0.2, 0.25) is 5.91 Å². The number of aliphatic carboxylic acids is 1. The van der Waals surface area contributed by atoms with Gasteiger partial charge < -0.3 is 14.7 Å². The lowest BCUT2D eigenvalue weighted by atomic mass is 10.2. The lowest BCUT2D eigenvalue weighted by molar-refractivity contribution is -0.157. The van der Waals surface area contributed by atoms with E-state index in [1.54, 1.807) is 11.9 Å². The van der Waals surface area contributed by atoms with E-state index in [0.29, 0.717) is 19.7 Å². The molecule has 1 heterocycles. The molecule has 0 radical (unpaired) electrons. The average molecular weight is 292 g/mol. The van der Waals surface area contributed by atoms with Gasteiger partial charge in [0.1, 0.15) is 0 Å². The first-order valence-corrected chi connectivity index (χ1v) is 6.91. The van der Waals surface area contributed by atoms with Gasteiger partial charge in [-0.1, -0.05) is 30.3 Å². The molecule has 114 valence electrons. The maximum absolute atomic E-state index is 12.2. The van der Waals surface area contributed by atoms with Crippen LogP contribution >= 0.6 is 0 Å². The maximum Gasteiger partial charge on any atom is 0.334 e. The third kappa shape index (κ3) is 4.54. The van der Waals surface area contributed by atoms with E-state index >= 15 is 0 Å². The Balaban J connectivity index is 1.84. The van der Waals surface area contributed by atoms with E-state index in [-0.39, 0.29) is 19.0 Å². The van der Waals surface area contributed by atoms with Crippen molar-refractivity contribution >= 4 is 11.9 Å². The molecule has 0 aromatic heterocycles. The summed E-state index contributed by atoms with van der Waals surface area (Å²) in [6, 6.07) is 9.75. The minimum Gasteiger partial charge on any atom is -0.479 e. The van der Waals surface area contributed by atoms with E-state index in [4.69, 9.17) is 9.84 Å². The number of likely N-dealkylation sites (N-methyl/N-ethyl adjacent to an activating group) is 1. The van der Waals surface area contributed by atoms with Crippen LogP contribution in [-0.2, 0) is 20.9 Å². The van der Waals surface area contributed by atoms with Crippen LogP contribution in [0.1, 0.15) is 5.56 Å². The number of nitrogens with zero attached hydrogens (tertiary/aromatic N) is 2. The Hall–Kier alpha value is -1.92. The molecule has 0 saturated carbocycles. The van der Waals surface area contributed by atoms with Gasteiger partial charge >= 0.3 is 5.97 Å². The van der Waals surface area contributed by atoms with Crippen LogP contribution in [0.4, 0.5) is 0 Å². The molecule has 1 N–H and O–H groups in total. The van der Waals surface area contributed by atoms with Crippen molar-refractivity contribution in [1.29, 1.82) is 0 Å². The van der Waals surface area contributed by atoms with Crippen LogP contribution in [0.25, 0.3) is 0 Å². The molecule has 6 heteroatoms. The van der Waals surface area contributed by atoms with Crippen LogP contribution in [-0.4, -0.2) is 66.2 Å². The Labute approximate surface area is 123 Å². The normalized spacial score (nSPS) is 19.2. The Kier molecular flexibility index (Phi) is 5.30. The molecule has 21 heavy (non-hydrogen) atoms. The second-order valence-corrected chi connectivity index (χ2v) is 5.17. The number of ether oxygens (including phenoxy) is 1. The van der Waals surface area contributed by atoms with Crippen LogP contribution in [0.3, 0.4) is 0 Å². The lowest BCUT2D eigenvalue weighted by Gasteiger charge is -2.31. The van der Waals surface area contributed by atoms with Crippen LogP contribution < -0.4 is 0 Å². The number of carboxylic acids is 1. The minimum atomic E-state index is -0.982. The first kappa shape index (κ1) is 15.5. The van der Waals surface area contributed by atoms with Gasteiger partial charge in [-0.05, 0) is 5.56 Å². The van der Waals surface area contributed by atoms with Crippen LogP contribution in [0.15, 0.2) is 30.3 Å². The zero-order valence-electron chi connectivity index (χ0n) is 12.1. The largest absolute Gasteiger partial charge is 0.479 e. The van der Waals surface area contributed by atoms with Crippen molar-refractivity contribution in [3.8, 4) is 0 Å². The monoisotopic (exact) mass is 292 g/mol. The molecule has 0 bridgehead atoms. The van der Waals surface area contributed by atoms with E-state index < -0.39 is 12.1 Å². The SMILES string of the molecule is CN(Cc1ccccc1)C(=O)CN1CCOC(C(=O)O)C1. The first-order chi connectivity index (χ1) is 10.1. The number of carbonyl (C=O) groups excluding carboxylic acids is 1. The highest BCUT2D eigenvalue weighted by Gasteiger charge is 2.27. The summed E-state index contributed by atoms with van der Waals surface area (Å²) in [5, 5.41) is 8.95. The van der Waals surface area contributed by atoms with Crippen molar-refractivity contribution in [2.75, 3.05) is 33.3 Å². The molecule has 1 aromatic rings. The van der Waals surface area contributed by atoms with Crippen LogP contribution in [0.5, 0.6) is 0 Å². The van der Waals surface area contributed by atoms with Gasteiger partial charge in [-0.3, -0.25) is 9.69 Å². The zero-order valence-corrected chi connectivity index (χ0v) is 12.1. The van der Waals surface area contributed by atoms with Gasteiger partial charge in [-0.25, -0.2) is 4.79 Å². The summed E-state index contributed by atoms with van der Waals surface area (Å²) >= 11 is 0. The van der Waals surface area contributed by atoms with Crippen molar-refractivity contribution in [3.63, 3.8) is 0 Å². The maximum atomic E-state index is 12.2. The Morgan fingerprint density at radius 3 is 2.76 bits per heavy atom. The van der Waals surface area contributed by atoms with Crippen molar-refractivity contribution in [2.45, 2.75) is 12.6 Å². The number of carbonyl (C=O) groups is 2. The van der Waals surface area contributed by atoms with E-state index in [0.717, 1.165) is 5.56 Å². The van der Waals surface area contributed by atoms with Gasteiger partial charge in [0, 0.05) is 26.7 Å². The lowest BCUT2D eigenvalue weighted by Crippen LogP contribution is -2.49. The molecule has 6 nitrogen and oxygen atoms in total. The molecule has 1 saturated heterocycles. The van der Waals surface area contributed by atoms with Crippen molar-refractivity contribution in [1.82, 2.24) is 9.80 Å². The molecular formula is C15H20N2O4. The van der Waals surface area contributed by atoms with Gasteiger partial charge in [-0.15, -0.1) is 0 Å². The molecule has 1 aliphatic heterocycles. The number of rotatable bonds is 5. The molecule has 1 amide bonds. The number of hydrogen-bond acceptors (Lipinski definition) is 4. The predicted octanol–water partition coefficient (Wildman–Crippen LogP) is 0.430. The fourth-order valence-corrected chi connectivity index (χ4v) is 2.25. The standard InChI is InChI=1S/C15H20N2O4/c1-16(9-12-5-3-2-4-6-12)14(18)11-17-7-8-21-13(10-17)15(19)20/h2-6,13H,7-11H2,1H3,(H,19,20). The molecular weight excluding hydrogens is 272 g/mol. The zero-order chi connectivity index (χ0) is 15.2. The molecule has 1 atom stereocenters. The predicted molar refractivity (Wildman–Crippen MR) is 76.7 cm³/mol. The summed E-state index contributed by atoms with van der Waals surface area (Å²) in [6.45, 7) is 1.93. The molecule has 1 aliphatic rings. The minimum absolute atomic E-state index is 0.0232. The highest BCUT2D eigenvalue weighted by Crippen LogP contribution is 2.07. The van der Waals surface area contributed by atoms with Crippen molar-refractivity contribution in [2.24, 2.45) is 0 Å². The number of hydrogen-bond donors (Lipinski definition) is 1. The second kappa shape index (κ2) is 7.19. The van der Waals surface area contributed by atoms with Crippen molar-refractivity contribution < 1.29 is 19.4 Å². The number of morpholine rings is 1. The third-order valence-corrected chi connectivity index (χ3v) is 3.47. The first-order valence-electron chi connectivity index (χ1n) is 6.91. The van der Waals surface area contributed by atoms with Gasteiger partial charge in [0.25, 0.3) is 0 Å². The summed E-state index contributed by atoms with van der Waals surface area (Å²) in [4.78, 5) is 26.6. The quantitative estimate of drug-likeness (QED) is 0.852. The van der Waals surface area contributed by atoms with Gasteiger partial charge in [-0.2, -0.15) is 0 Å². The number of benzene rings is 1. The van der Waals surface area contributed by atoms with E-state index in [2.05, 4.69) is 0 Å². The number of carboxylic acid groups (broad SMARTS) is 1. The molecule has 0 spiro atoms. The fraction of sp³-hybridized carbons (Fsp3) is 0.467. The fourth-order valence-electron chi connectivity index (χ4n) is 2.25. The highest BCUT2D eigenvalue weighted by atomic mass is 16.5. The van der Waals surface area contributed by atoms with E-state index in [1.165, 1.54) is 0 Å². The summed E-state index contributed by atoms with van der Waals surface area (Å²) in [6.07, 6.45) is -0.842. The van der Waals surface area contributed by atoms with Crippen LogP contribution in [0.2, 0.25) is 0 Å². The summed E-state index contributed by atoms with van der Waals surface area (Å²) in [7, 11) is 1.75. The third-order valence-electron chi connectivity index (χ3n) is 3.47. The topological polar surface area (TPSA) is 70.1 Å². The Bertz CT molecular complexity index is 492. The second-order valence-electron chi connectivity index (χ2n) is 5.17. The van der Waals surface area contributed by atoms with Crippen molar-refractivity contribution in [3.05, 3.63) is 35.9 Å². The molecule has 1 unspecified atom stereocenters. The molecule has 2 rings (SSSR count). The Morgan fingerprint density at radius 1 is 1.38 bits per heavy atom. The van der Waals surface area contributed by atoms with Gasteiger partial charge in [0.05, 0.1) is 13.2 Å². The van der Waals surface area contributed by atoms with E-state index in [1.807, 2.05) is 35.2 Å². The van der Waals surface area contributed by atoms with Gasteiger partial charge in [0.15, 0.2) is 6.10 Å². The summed E-state index contributed by atoms with van der Waals surface area (Å²) in [5.41, 5.74) is 1.07. The summed E-state index contributed by atoms with van der Waals surface area (Å²) in [5.74, 6) is -1.00. The molecule has 0 aliphatic carbocycles. The molecule has 1 fully saturated rings. The summed E-state index contributed by atoms with van der Waals surface area (Å²) < 4.78 is 5.14. The van der Waals surface area contributed by atoms with E-state index in [9.17, 15) is 9.59 Å². The smallest absolute Gasteiger partial charge is 0.334 e. The highest BCUT2D eigenvalue weighted by molar-refractivity contribution is 5.78. The Morgan fingerprint density at radius 2 is 2.10 bits per heavy atom.